The van der Waals surface area contributed by atoms with E-state index in [0.29, 0.717) is 27.9 Å². The molecule has 0 spiro atoms. The van der Waals surface area contributed by atoms with E-state index in [1.54, 1.807) is 23.0 Å². The average molecular weight is 393 g/mol. The molecule has 7 heteroatoms. The van der Waals surface area contributed by atoms with E-state index in [9.17, 15) is 9.18 Å². The number of carbonyl (C=O) groups excluding carboxylic acids is 1. The molecule has 2 N–H and O–H groups in total. The number of fused-ring (bicyclic) bond motifs is 2. The van der Waals surface area contributed by atoms with Crippen LogP contribution in [0.5, 0.6) is 0 Å². The number of carbonyl (C=O) groups is 1. The van der Waals surface area contributed by atoms with Crippen LogP contribution < -0.4 is 10.6 Å². The normalized spacial score (nSPS) is 25.7. The van der Waals surface area contributed by atoms with Crippen LogP contribution in [0.1, 0.15) is 36.2 Å². The van der Waals surface area contributed by atoms with Crippen molar-refractivity contribution in [3.05, 3.63) is 46.4 Å². The summed E-state index contributed by atoms with van der Waals surface area (Å²) in [6, 6.07) is 7.23. The highest BCUT2D eigenvalue weighted by Crippen LogP contribution is 2.27. The molecule has 2 saturated heterocycles. The Morgan fingerprint density at radius 3 is 2.58 bits per heavy atom. The molecule has 1 aromatic heterocycles. The van der Waals surface area contributed by atoms with Crippen LogP contribution in [0.15, 0.2) is 34.9 Å². The molecule has 2 unspecified atom stereocenters. The summed E-state index contributed by atoms with van der Waals surface area (Å²) >= 11 is 3.40. The number of rotatable bonds is 3. The molecule has 2 aliphatic rings. The highest BCUT2D eigenvalue weighted by Gasteiger charge is 2.34. The number of piperidine rings is 1. The maximum Gasteiger partial charge on any atom is 0.273 e. The van der Waals surface area contributed by atoms with E-state index in [1.165, 1.54) is 25.0 Å². The first-order valence-electron chi connectivity index (χ1n) is 8.16. The Hall–Kier alpha value is -1.73. The first-order valence-corrected chi connectivity index (χ1v) is 8.96. The van der Waals surface area contributed by atoms with Crippen molar-refractivity contribution in [2.75, 3.05) is 0 Å². The number of hydrogen-bond donors (Lipinski definition) is 2. The second-order valence-electron chi connectivity index (χ2n) is 6.53. The van der Waals surface area contributed by atoms with Gasteiger partial charge < -0.3 is 10.6 Å². The van der Waals surface area contributed by atoms with Gasteiger partial charge in [0, 0.05) is 24.3 Å². The molecular formula is C17H18BrFN4O. The third-order valence-electron chi connectivity index (χ3n) is 4.78. The number of benzene rings is 1. The maximum atomic E-state index is 13.0. The van der Waals surface area contributed by atoms with Gasteiger partial charge in [-0.05, 0) is 65.9 Å². The topological polar surface area (TPSA) is 59.0 Å². The highest BCUT2D eigenvalue weighted by atomic mass is 79.9. The Morgan fingerprint density at radius 2 is 1.92 bits per heavy atom. The molecule has 2 atom stereocenters. The van der Waals surface area contributed by atoms with Crippen molar-refractivity contribution < 1.29 is 9.18 Å². The Labute approximate surface area is 147 Å². The van der Waals surface area contributed by atoms with E-state index < -0.39 is 0 Å². The van der Waals surface area contributed by atoms with Crippen LogP contribution in [0.2, 0.25) is 0 Å². The lowest BCUT2D eigenvalue weighted by molar-refractivity contribution is 0.0917. The van der Waals surface area contributed by atoms with Crippen LogP contribution in [-0.2, 0) is 0 Å². The van der Waals surface area contributed by atoms with Crippen molar-refractivity contribution in [3.63, 3.8) is 0 Å². The fourth-order valence-corrected chi connectivity index (χ4v) is 4.12. The molecule has 1 aromatic carbocycles. The van der Waals surface area contributed by atoms with Crippen molar-refractivity contribution in [1.29, 1.82) is 0 Å². The zero-order valence-corrected chi connectivity index (χ0v) is 14.6. The molecule has 4 rings (SSSR count). The monoisotopic (exact) mass is 392 g/mol. The lowest BCUT2D eigenvalue weighted by Crippen LogP contribution is -2.48. The van der Waals surface area contributed by atoms with Crippen LogP contribution in [0, 0.1) is 5.82 Å². The lowest BCUT2D eigenvalue weighted by Gasteiger charge is -2.29. The third-order valence-corrected chi connectivity index (χ3v) is 5.36. The molecule has 0 radical (unpaired) electrons. The zero-order chi connectivity index (χ0) is 16.7. The van der Waals surface area contributed by atoms with Gasteiger partial charge in [-0.15, -0.1) is 0 Å². The average Bonchev–Trinajstić information content (AvgIpc) is 3.10. The number of nitrogens with zero attached hydrogens (tertiary/aromatic N) is 2. The molecule has 2 aromatic rings. The summed E-state index contributed by atoms with van der Waals surface area (Å²) in [6.07, 6.45) is 6.05. The summed E-state index contributed by atoms with van der Waals surface area (Å²) in [5.41, 5.74) is 1.06. The van der Waals surface area contributed by atoms with Crippen molar-refractivity contribution in [2.45, 2.75) is 43.8 Å². The summed E-state index contributed by atoms with van der Waals surface area (Å²) in [5.74, 6) is -0.475. The van der Waals surface area contributed by atoms with Crippen molar-refractivity contribution >= 4 is 21.8 Å². The number of amides is 1. The van der Waals surface area contributed by atoms with Gasteiger partial charge >= 0.3 is 0 Å². The summed E-state index contributed by atoms with van der Waals surface area (Å²) < 4.78 is 15.2. The summed E-state index contributed by atoms with van der Waals surface area (Å²) in [4.78, 5) is 12.6. The third kappa shape index (κ3) is 3.10. The molecule has 0 aliphatic carbocycles. The van der Waals surface area contributed by atoms with E-state index >= 15 is 0 Å². The Kier molecular flexibility index (Phi) is 4.14. The molecule has 2 aliphatic heterocycles. The van der Waals surface area contributed by atoms with Crippen LogP contribution >= 0.6 is 15.9 Å². The minimum absolute atomic E-state index is 0.172. The van der Waals surface area contributed by atoms with Crippen LogP contribution in [0.25, 0.3) is 5.69 Å². The SMILES string of the molecule is O=C(NC1CC2CCC(C1)N2)c1nn(-c2ccc(F)cc2)cc1Br. The van der Waals surface area contributed by atoms with Crippen molar-refractivity contribution in [1.82, 2.24) is 20.4 Å². The minimum Gasteiger partial charge on any atom is -0.348 e. The van der Waals surface area contributed by atoms with Gasteiger partial charge in [-0.2, -0.15) is 5.10 Å². The molecule has 2 bridgehead atoms. The van der Waals surface area contributed by atoms with Gasteiger partial charge in [-0.1, -0.05) is 0 Å². The van der Waals surface area contributed by atoms with E-state index in [4.69, 9.17) is 0 Å². The van der Waals surface area contributed by atoms with Gasteiger partial charge in [0.25, 0.3) is 5.91 Å². The summed E-state index contributed by atoms with van der Waals surface area (Å²) in [7, 11) is 0. The quantitative estimate of drug-likeness (QED) is 0.843. The van der Waals surface area contributed by atoms with Gasteiger partial charge in [0.15, 0.2) is 5.69 Å². The van der Waals surface area contributed by atoms with Gasteiger partial charge in [0.2, 0.25) is 0 Å². The fourth-order valence-electron chi connectivity index (χ4n) is 3.66. The number of aromatic nitrogens is 2. The summed E-state index contributed by atoms with van der Waals surface area (Å²) in [5, 5.41) is 11.0. The van der Waals surface area contributed by atoms with Gasteiger partial charge in [0.05, 0.1) is 10.2 Å². The lowest BCUT2D eigenvalue weighted by atomic mass is 10.00. The predicted octanol–water partition coefficient (Wildman–Crippen LogP) is 2.79. The molecule has 2 fully saturated rings. The number of halogens is 2. The molecule has 24 heavy (non-hydrogen) atoms. The molecule has 1 amide bonds. The van der Waals surface area contributed by atoms with Crippen LogP contribution in [0.4, 0.5) is 4.39 Å². The molecule has 5 nitrogen and oxygen atoms in total. The minimum atomic E-state index is -0.302. The number of hydrogen-bond acceptors (Lipinski definition) is 3. The van der Waals surface area contributed by atoms with Crippen LogP contribution in [0.3, 0.4) is 0 Å². The smallest absolute Gasteiger partial charge is 0.273 e. The van der Waals surface area contributed by atoms with E-state index in [1.807, 2.05) is 0 Å². The zero-order valence-electron chi connectivity index (χ0n) is 13.0. The van der Waals surface area contributed by atoms with E-state index in [2.05, 4.69) is 31.7 Å². The second kappa shape index (κ2) is 6.29. The Balaban J connectivity index is 1.49. The van der Waals surface area contributed by atoms with E-state index in [0.717, 1.165) is 12.8 Å². The number of nitrogens with one attached hydrogen (secondary N) is 2. The van der Waals surface area contributed by atoms with E-state index in [-0.39, 0.29) is 17.8 Å². The molecular weight excluding hydrogens is 375 g/mol. The summed E-state index contributed by atoms with van der Waals surface area (Å²) in [6.45, 7) is 0. The molecule has 126 valence electrons. The standard InChI is InChI=1S/C17H18BrFN4O/c18-15-9-23(14-5-1-10(19)2-6-14)22-16(15)17(24)21-13-7-11-3-4-12(8-13)20-11/h1-2,5-6,9,11-13,20H,3-4,7-8H2,(H,21,24). The first kappa shape index (κ1) is 15.8. The first-order chi connectivity index (χ1) is 11.6. The van der Waals surface area contributed by atoms with Crippen molar-refractivity contribution in [2.24, 2.45) is 0 Å². The van der Waals surface area contributed by atoms with Crippen LogP contribution in [-0.4, -0.2) is 33.8 Å². The predicted molar refractivity (Wildman–Crippen MR) is 91.7 cm³/mol. The van der Waals surface area contributed by atoms with Gasteiger partial charge in [0.1, 0.15) is 5.82 Å². The largest absolute Gasteiger partial charge is 0.348 e. The second-order valence-corrected chi connectivity index (χ2v) is 7.38. The Bertz CT molecular complexity index is 748. The maximum absolute atomic E-state index is 13.0. The van der Waals surface area contributed by atoms with Gasteiger partial charge in [-0.3, -0.25) is 4.79 Å². The molecule has 0 saturated carbocycles. The highest BCUT2D eigenvalue weighted by molar-refractivity contribution is 9.10. The van der Waals surface area contributed by atoms with Gasteiger partial charge in [-0.25, -0.2) is 9.07 Å². The Morgan fingerprint density at radius 1 is 1.25 bits per heavy atom. The van der Waals surface area contributed by atoms with Crippen molar-refractivity contribution in [3.8, 4) is 5.69 Å². The fraction of sp³-hybridized carbons (Fsp3) is 0.412. The molecule has 3 heterocycles.